The van der Waals surface area contributed by atoms with Crippen LogP contribution in [0.5, 0.6) is 0 Å². The highest BCUT2D eigenvalue weighted by Gasteiger charge is 2.16. The van der Waals surface area contributed by atoms with E-state index in [1.54, 1.807) is 12.0 Å². The van der Waals surface area contributed by atoms with Gasteiger partial charge in [-0.1, -0.05) is 0 Å². The molecule has 0 atom stereocenters. The Morgan fingerprint density at radius 1 is 1.35 bits per heavy atom. The number of likely N-dealkylation sites (tertiary alicyclic amines) is 1. The van der Waals surface area contributed by atoms with E-state index < -0.39 is 0 Å². The van der Waals surface area contributed by atoms with E-state index >= 15 is 0 Å². The van der Waals surface area contributed by atoms with E-state index in [-0.39, 0.29) is 12.5 Å². The average Bonchev–Trinajstić information content (AvgIpc) is 2.84. The molecule has 0 spiro atoms. The lowest BCUT2D eigenvalue weighted by molar-refractivity contribution is -0.132. The van der Waals surface area contributed by atoms with Gasteiger partial charge in [-0.05, 0) is 25.9 Å². The topological polar surface area (TPSA) is 53.0 Å². The van der Waals surface area contributed by atoms with Crippen molar-refractivity contribution in [3.8, 4) is 0 Å². The standard InChI is InChI=1S/C12H24N2O3/c1-17-11-9-14(8-10-15)12(16)4-7-13-5-2-3-6-13/h15H,2-11H2,1H3. The van der Waals surface area contributed by atoms with E-state index in [1.807, 2.05) is 0 Å². The van der Waals surface area contributed by atoms with Crippen molar-refractivity contribution in [1.29, 1.82) is 0 Å². The van der Waals surface area contributed by atoms with Crippen LogP contribution in [0.2, 0.25) is 0 Å². The predicted molar refractivity (Wildman–Crippen MR) is 65.8 cm³/mol. The molecule has 0 aromatic heterocycles. The smallest absolute Gasteiger partial charge is 0.224 e. The van der Waals surface area contributed by atoms with Crippen LogP contribution in [0, 0.1) is 0 Å². The molecular weight excluding hydrogens is 220 g/mol. The Morgan fingerprint density at radius 3 is 2.65 bits per heavy atom. The minimum absolute atomic E-state index is 0.0131. The van der Waals surface area contributed by atoms with E-state index in [9.17, 15) is 4.79 Å². The summed E-state index contributed by atoms with van der Waals surface area (Å²) in [7, 11) is 1.62. The van der Waals surface area contributed by atoms with Gasteiger partial charge in [-0.25, -0.2) is 0 Å². The third-order valence-corrected chi connectivity index (χ3v) is 3.13. The first-order valence-corrected chi connectivity index (χ1v) is 6.38. The van der Waals surface area contributed by atoms with Crippen LogP contribution >= 0.6 is 0 Å². The Labute approximate surface area is 103 Å². The summed E-state index contributed by atoms with van der Waals surface area (Å²) in [5.74, 6) is 0.114. The quantitative estimate of drug-likeness (QED) is 0.650. The predicted octanol–water partition coefficient (Wildman–Crippen LogP) is -0.0604. The zero-order valence-electron chi connectivity index (χ0n) is 10.7. The molecule has 1 aliphatic rings. The molecule has 0 unspecified atom stereocenters. The zero-order chi connectivity index (χ0) is 12.5. The van der Waals surface area contributed by atoms with Gasteiger partial charge in [0.1, 0.15) is 0 Å². The number of nitrogens with zero attached hydrogens (tertiary/aromatic N) is 2. The maximum Gasteiger partial charge on any atom is 0.224 e. The third-order valence-electron chi connectivity index (χ3n) is 3.13. The molecule has 0 aliphatic carbocycles. The molecule has 1 saturated heterocycles. The number of carbonyl (C=O) groups excluding carboxylic acids is 1. The second kappa shape index (κ2) is 8.44. The second-order valence-corrected chi connectivity index (χ2v) is 4.40. The molecule has 100 valence electrons. The minimum Gasteiger partial charge on any atom is -0.395 e. The van der Waals surface area contributed by atoms with Gasteiger partial charge in [0.25, 0.3) is 0 Å². The molecule has 0 saturated carbocycles. The SMILES string of the molecule is COCCN(CCO)C(=O)CCN1CCCC1. The Balaban J connectivity index is 2.24. The van der Waals surface area contributed by atoms with Crippen LogP contribution in [0.4, 0.5) is 0 Å². The van der Waals surface area contributed by atoms with E-state index in [1.165, 1.54) is 12.8 Å². The molecule has 0 bridgehead atoms. The lowest BCUT2D eigenvalue weighted by atomic mass is 10.3. The summed E-state index contributed by atoms with van der Waals surface area (Å²) in [6, 6.07) is 0. The number of rotatable bonds is 8. The van der Waals surface area contributed by atoms with Crippen molar-refractivity contribution in [3.05, 3.63) is 0 Å². The summed E-state index contributed by atoms with van der Waals surface area (Å²) in [6.07, 6.45) is 3.04. The summed E-state index contributed by atoms with van der Waals surface area (Å²) < 4.78 is 4.96. The molecule has 1 aliphatic heterocycles. The number of carbonyl (C=O) groups is 1. The van der Waals surface area contributed by atoms with Crippen LogP contribution in [-0.4, -0.2) is 73.9 Å². The summed E-state index contributed by atoms with van der Waals surface area (Å²) in [4.78, 5) is 15.9. The van der Waals surface area contributed by atoms with Crippen molar-refractivity contribution >= 4 is 5.91 Å². The maximum absolute atomic E-state index is 11.9. The number of methoxy groups -OCH3 is 1. The average molecular weight is 244 g/mol. The minimum atomic E-state index is 0.0131. The van der Waals surface area contributed by atoms with Crippen molar-refractivity contribution in [3.63, 3.8) is 0 Å². The molecule has 1 amide bonds. The maximum atomic E-state index is 11.9. The number of hydrogen-bond donors (Lipinski definition) is 1. The molecule has 0 aromatic rings. The monoisotopic (exact) mass is 244 g/mol. The molecule has 5 heteroatoms. The highest BCUT2D eigenvalue weighted by atomic mass is 16.5. The fourth-order valence-corrected chi connectivity index (χ4v) is 2.10. The molecule has 1 heterocycles. The first-order valence-electron chi connectivity index (χ1n) is 6.38. The summed E-state index contributed by atoms with van der Waals surface area (Å²) in [6.45, 7) is 4.58. The molecule has 1 rings (SSSR count). The first kappa shape index (κ1) is 14.4. The summed E-state index contributed by atoms with van der Waals surface area (Å²) in [5, 5.41) is 8.92. The van der Waals surface area contributed by atoms with E-state index in [0.29, 0.717) is 26.1 Å². The van der Waals surface area contributed by atoms with Gasteiger partial charge >= 0.3 is 0 Å². The number of amides is 1. The van der Waals surface area contributed by atoms with E-state index in [4.69, 9.17) is 9.84 Å². The normalized spacial score (nSPS) is 16.4. The molecule has 0 radical (unpaired) electrons. The van der Waals surface area contributed by atoms with Crippen LogP contribution in [-0.2, 0) is 9.53 Å². The summed E-state index contributed by atoms with van der Waals surface area (Å²) >= 11 is 0. The van der Waals surface area contributed by atoms with Crippen molar-refractivity contribution < 1.29 is 14.6 Å². The Kier molecular flexibility index (Phi) is 7.16. The van der Waals surface area contributed by atoms with Crippen molar-refractivity contribution in [2.45, 2.75) is 19.3 Å². The lowest BCUT2D eigenvalue weighted by Crippen LogP contribution is -2.38. The Bertz CT molecular complexity index is 218. The van der Waals surface area contributed by atoms with Gasteiger partial charge in [-0.2, -0.15) is 0 Å². The van der Waals surface area contributed by atoms with Gasteiger partial charge < -0.3 is 19.6 Å². The number of aliphatic hydroxyl groups excluding tert-OH is 1. The fraction of sp³-hybridized carbons (Fsp3) is 0.917. The third kappa shape index (κ3) is 5.48. The molecular formula is C12H24N2O3. The second-order valence-electron chi connectivity index (χ2n) is 4.40. The number of hydrogen-bond acceptors (Lipinski definition) is 4. The van der Waals surface area contributed by atoms with Gasteiger partial charge in [0, 0.05) is 33.2 Å². The molecule has 1 fully saturated rings. The molecule has 0 aromatic carbocycles. The van der Waals surface area contributed by atoms with Crippen LogP contribution in [0.3, 0.4) is 0 Å². The van der Waals surface area contributed by atoms with Gasteiger partial charge in [0.05, 0.1) is 13.2 Å². The van der Waals surface area contributed by atoms with E-state index in [0.717, 1.165) is 19.6 Å². The van der Waals surface area contributed by atoms with Gasteiger partial charge in [0.15, 0.2) is 0 Å². The highest BCUT2D eigenvalue weighted by molar-refractivity contribution is 5.76. The van der Waals surface area contributed by atoms with Gasteiger partial charge in [-0.15, -0.1) is 0 Å². The zero-order valence-corrected chi connectivity index (χ0v) is 10.7. The van der Waals surface area contributed by atoms with E-state index in [2.05, 4.69) is 4.90 Å². The van der Waals surface area contributed by atoms with Crippen LogP contribution in [0.15, 0.2) is 0 Å². The van der Waals surface area contributed by atoms with Crippen molar-refractivity contribution in [2.75, 3.05) is 53.0 Å². The summed E-state index contributed by atoms with van der Waals surface area (Å²) in [5.41, 5.74) is 0. The van der Waals surface area contributed by atoms with Gasteiger partial charge in [0.2, 0.25) is 5.91 Å². The first-order chi connectivity index (χ1) is 8.27. The van der Waals surface area contributed by atoms with Crippen LogP contribution in [0.1, 0.15) is 19.3 Å². The van der Waals surface area contributed by atoms with Crippen molar-refractivity contribution in [1.82, 2.24) is 9.80 Å². The number of ether oxygens (including phenoxy) is 1. The lowest BCUT2D eigenvalue weighted by Gasteiger charge is -2.23. The largest absolute Gasteiger partial charge is 0.395 e. The molecule has 5 nitrogen and oxygen atoms in total. The Morgan fingerprint density at radius 2 is 2.06 bits per heavy atom. The van der Waals surface area contributed by atoms with Crippen molar-refractivity contribution in [2.24, 2.45) is 0 Å². The highest BCUT2D eigenvalue weighted by Crippen LogP contribution is 2.08. The van der Waals surface area contributed by atoms with Gasteiger partial charge in [-0.3, -0.25) is 4.79 Å². The van der Waals surface area contributed by atoms with Crippen LogP contribution in [0.25, 0.3) is 0 Å². The fourth-order valence-electron chi connectivity index (χ4n) is 2.10. The van der Waals surface area contributed by atoms with Crippen LogP contribution < -0.4 is 0 Å². The molecule has 17 heavy (non-hydrogen) atoms. The number of aliphatic hydroxyl groups is 1. The molecule has 1 N–H and O–H groups in total. The Hall–Kier alpha value is -0.650.